The molecule has 1 saturated heterocycles. The van der Waals surface area contributed by atoms with E-state index in [1.54, 1.807) is 11.8 Å². The van der Waals surface area contributed by atoms with E-state index in [1.807, 2.05) is 18.2 Å². The lowest BCUT2D eigenvalue weighted by Crippen LogP contribution is -2.46. The number of halogens is 1. The number of nitrogens with zero attached hydrogens (tertiary/aromatic N) is 4. The summed E-state index contributed by atoms with van der Waals surface area (Å²) >= 11 is 1.69. The van der Waals surface area contributed by atoms with Crippen molar-refractivity contribution in [3.63, 3.8) is 0 Å². The molecule has 1 aromatic heterocycles. The molecular weight excluding hydrogens is 335 g/mol. The summed E-state index contributed by atoms with van der Waals surface area (Å²) in [6.45, 7) is 4.73. The van der Waals surface area contributed by atoms with E-state index in [-0.39, 0.29) is 5.82 Å². The van der Waals surface area contributed by atoms with Crippen LogP contribution in [-0.4, -0.2) is 46.9 Å². The van der Waals surface area contributed by atoms with Crippen molar-refractivity contribution in [1.29, 1.82) is 0 Å². The van der Waals surface area contributed by atoms with Crippen LogP contribution in [0.3, 0.4) is 0 Å². The van der Waals surface area contributed by atoms with Crippen LogP contribution in [0.4, 0.5) is 10.1 Å². The van der Waals surface area contributed by atoms with E-state index in [0.29, 0.717) is 0 Å². The lowest BCUT2D eigenvalue weighted by Gasteiger charge is -2.36. The fourth-order valence-electron chi connectivity index (χ4n) is 3.35. The van der Waals surface area contributed by atoms with Gasteiger partial charge in [-0.2, -0.15) is 0 Å². The van der Waals surface area contributed by atoms with E-state index in [1.165, 1.54) is 17.6 Å². The molecule has 0 N–H and O–H groups in total. The van der Waals surface area contributed by atoms with Crippen LogP contribution in [-0.2, 0) is 6.67 Å². The molecule has 3 aromatic rings. The Hall–Kier alpha value is -2.05. The predicted octanol–water partition coefficient (Wildman–Crippen LogP) is 3.68. The topological polar surface area (TPSA) is 24.3 Å². The minimum atomic E-state index is -0.182. The van der Waals surface area contributed by atoms with Crippen LogP contribution in [0.5, 0.6) is 0 Å². The third-order valence-electron chi connectivity index (χ3n) is 4.71. The molecule has 0 aliphatic carbocycles. The monoisotopic (exact) mass is 356 g/mol. The molecule has 0 unspecified atom stereocenters. The Bertz CT molecular complexity index is 853. The largest absolute Gasteiger partial charge is 0.369 e. The number of aromatic nitrogens is 2. The number of para-hydroxylation sites is 2. The molecule has 1 fully saturated rings. The minimum Gasteiger partial charge on any atom is -0.369 e. The van der Waals surface area contributed by atoms with Gasteiger partial charge in [0.15, 0.2) is 5.16 Å². The van der Waals surface area contributed by atoms with Gasteiger partial charge in [0.25, 0.3) is 0 Å². The Kier molecular flexibility index (Phi) is 4.63. The molecule has 6 heteroatoms. The summed E-state index contributed by atoms with van der Waals surface area (Å²) in [5.74, 6) is -0.182. The number of hydrogen-bond acceptors (Lipinski definition) is 4. The van der Waals surface area contributed by atoms with Crippen molar-refractivity contribution in [1.82, 2.24) is 14.5 Å². The van der Waals surface area contributed by atoms with Crippen molar-refractivity contribution in [3.8, 4) is 0 Å². The highest BCUT2D eigenvalue weighted by molar-refractivity contribution is 7.98. The first kappa shape index (κ1) is 16.4. The highest BCUT2D eigenvalue weighted by Crippen LogP contribution is 2.23. The Labute approximate surface area is 151 Å². The van der Waals surface area contributed by atoms with Crippen LogP contribution in [0.2, 0.25) is 0 Å². The maximum atomic E-state index is 13.1. The summed E-state index contributed by atoms with van der Waals surface area (Å²) in [7, 11) is 0. The molecule has 4 nitrogen and oxygen atoms in total. The molecule has 0 saturated carbocycles. The summed E-state index contributed by atoms with van der Waals surface area (Å²) in [5.41, 5.74) is 3.34. The Morgan fingerprint density at radius 1 is 1.00 bits per heavy atom. The summed E-state index contributed by atoms with van der Waals surface area (Å²) in [6.07, 6.45) is 2.07. The van der Waals surface area contributed by atoms with Gasteiger partial charge in [-0.3, -0.25) is 4.90 Å². The predicted molar refractivity (Wildman–Crippen MR) is 102 cm³/mol. The zero-order valence-electron chi connectivity index (χ0n) is 14.2. The SMILES string of the molecule is CSc1nc2ccccc2n1CN1CCN(c2ccc(F)cc2)CC1. The molecule has 1 aliphatic rings. The molecule has 0 atom stereocenters. The van der Waals surface area contributed by atoms with Crippen LogP contribution < -0.4 is 4.90 Å². The average Bonchev–Trinajstić information content (AvgIpc) is 3.01. The van der Waals surface area contributed by atoms with Gasteiger partial charge in [-0.05, 0) is 42.7 Å². The first-order valence-electron chi connectivity index (χ1n) is 8.47. The maximum absolute atomic E-state index is 13.1. The number of benzene rings is 2. The third-order valence-corrected chi connectivity index (χ3v) is 5.38. The third kappa shape index (κ3) is 3.37. The molecule has 0 spiro atoms. The summed E-state index contributed by atoms with van der Waals surface area (Å²) in [4.78, 5) is 9.49. The molecule has 25 heavy (non-hydrogen) atoms. The Morgan fingerprint density at radius 3 is 2.44 bits per heavy atom. The van der Waals surface area contributed by atoms with Crippen molar-refractivity contribution in [3.05, 3.63) is 54.3 Å². The van der Waals surface area contributed by atoms with Gasteiger partial charge in [0.2, 0.25) is 0 Å². The number of fused-ring (bicyclic) bond motifs is 1. The van der Waals surface area contributed by atoms with E-state index in [2.05, 4.69) is 38.8 Å². The van der Waals surface area contributed by atoms with E-state index >= 15 is 0 Å². The Balaban J connectivity index is 1.46. The number of imidazole rings is 1. The van der Waals surface area contributed by atoms with Gasteiger partial charge in [-0.25, -0.2) is 9.37 Å². The lowest BCUT2D eigenvalue weighted by molar-refractivity contribution is 0.202. The second kappa shape index (κ2) is 7.06. The molecule has 1 aliphatic heterocycles. The van der Waals surface area contributed by atoms with Gasteiger partial charge in [-0.1, -0.05) is 23.9 Å². The highest BCUT2D eigenvalue weighted by atomic mass is 32.2. The summed E-state index contributed by atoms with van der Waals surface area (Å²) in [5, 5.41) is 1.06. The minimum absolute atomic E-state index is 0.182. The second-order valence-corrected chi connectivity index (χ2v) is 7.01. The molecule has 130 valence electrons. The first-order chi connectivity index (χ1) is 12.2. The van der Waals surface area contributed by atoms with Gasteiger partial charge in [0.1, 0.15) is 5.82 Å². The molecule has 0 amide bonds. The fraction of sp³-hybridized carbons (Fsp3) is 0.316. The summed E-state index contributed by atoms with van der Waals surface area (Å²) < 4.78 is 15.4. The zero-order valence-corrected chi connectivity index (χ0v) is 15.0. The zero-order chi connectivity index (χ0) is 17.2. The van der Waals surface area contributed by atoms with Crippen LogP contribution in [0.15, 0.2) is 53.7 Å². The van der Waals surface area contributed by atoms with Gasteiger partial charge in [-0.15, -0.1) is 0 Å². The number of piperazine rings is 1. The lowest BCUT2D eigenvalue weighted by atomic mass is 10.2. The summed E-state index contributed by atoms with van der Waals surface area (Å²) in [6, 6.07) is 15.1. The van der Waals surface area contributed by atoms with Gasteiger partial charge < -0.3 is 9.47 Å². The molecule has 0 bridgehead atoms. The van der Waals surface area contributed by atoms with E-state index in [4.69, 9.17) is 4.98 Å². The van der Waals surface area contributed by atoms with Crippen LogP contribution in [0.1, 0.15) is 0 Å². The van der Waals surface area contributed by atoms with Crippen molar-refractivity contribution in [2.45, 2.75) is 11.8 Å². The van der Waals surface area contributed by atoms with E-state index < -0.39 is 0 Å². The normalized spacial score (nSPS) is 15.8. The smallest absolute Gasteiger partial charge is 0.169 e. The molecule has 0 radical (unpaired) electrons. The highest BCUT2D eigenvalue weighted by Gasteiger charge is 2.19. The fourth-order valence-corrected chi connectivity index (χ4v) is 3.91. The van der Waals surface area contributed by atoms with Crippen molar-refractivity contribution >= 4 is 28.5 Å². The van der Waals surface area contributed by atoms with Gasteiger partial charge in [0, 0.05) is 31.9 Å². The molecular formula is C19H21FN4S. The Morgan fingerprint density at radius 2 is 1.72 bits per heavy atom. The first-order valence-corrected chi connectivity index (χ1v) is 9.69. The quantitative estimate of drug-likeness (QED) is 0.666. The van der Waals surface area contributed by atoms with Crippen molar-refractivity contribution in [2.75, 3.05) is 37.3 Å². The van der Waals surface area contributed by atoms with Crippen LogP contribution in [0.25, 0.3) is 11.0 Å². The number of anilines is 1. The molecule has 2 heterocycles. The average molecular weight is 356 g/mol. The van der Waals surface area contributed by atoms with E-state index in [0.717, 1.165) is 49.2 Å². The second-order valence-electron chi connectivity index (χ2n) is 6.24. The van der Waals surface area contributed by atoms with Crippen molar-refractivity contribution in [2.24, 2.45) is 0 Å². The van der Waals surface area contributed by atoms with Crippen LogP contribution >= 0.6 is 11.8 Å². The standard InChI is InChI=1S/C19H21FN4S/c1-25-19-21-17-4-2-3-5-18(17)24(19)14-22-10-12-23(13-11-22)16-8-6-15(20)7-9-16/h2-9H,10-14H2,1H3. The maximum Gasteiger partial charge on any atom is 0.169 e. The molecule has 4 rings (SSSR count). The van der Waals surface area contributed by atoms with Gasteiger partial charge >= 0.3 is 0 Å². The van der Waals surface area contributed by atoms with E-state index in [9.17, 15) is 4.39 Å². The molecule has 2 aromatic carbocycles. The number of hydrogen-bond donors (Lipinski definition) is 0. The number of thioether (sulfide) groups is 1. The van der Waals surface area contributed by atoms with Gasteiger partial charge in [0.05, 0.1) is 17.7 Å². The van der Waals surface area contributed by atoms with Crippen LogP contribution in [0, 0.1) is 5.82 Å². The van der Waals surface area contributed by atoms with Crippen molar-refractivity contribution < 1.29 is 4.39 Å². The number of rotatable bonds is 4.